The molecular formula is C13H16F2N2. The van der Waals surface area contributed by atoms with Gasteiger partial charge in [-0.2, -0.15) is 0 Å². The minimum absolute atomic E-state index is 0.365. The van der Waals surface area contributed by atoms with Gasteiger partial charge in [-0.15, -0.1) is 0 Å². The molecule has 92 valence electrons. The highest BCUT2D eigenvalue weighted by Crippen LogP contribution is 2.32. The smallest absolute Gasteiger partial charge is 0.149 e. The summed E-state index contributed by atoms with van der Waals surface area (Å²) in [5.41, 5.74) is 0.546. The molecule has 2 nitrogen and oxygen atoms in total. The van der Waals surface area contributed by atoms with E-state index in [1.54, 1.807) is 6.07 Å². The predicted molar refractivity (Wildman–Crippen MR) is 63.1 cm³/mol. The number of benzene rings is 1. The summed E-state index contributed by atoms with van der Waals surface area (Å²) in [5.74, 6) is -0.957. The number of anilines is 1. The number of nitrogens with one attached hydrogen (secondary N) is 1. The van der Waals surface area contributed by atoms with Gasteiger partial charge < -0.3 is 10.2 Å². The van der Waals surface area contributed by atoms with E-state index in [9.17, 15) is 8.78 Å². The monoisotopic (exact) mass is 238 g/mol. The molecule has 0 aromatic heterocycles. The molecule has 2 aliphatic rings. The number of hydrogen-bond acceptors (Lipinski definition) is 2. The first-order valence-corrected chi connectivity index (χ1v) is 6.21. The summed E-state index contributed by atoms with van der Waals surface area (Å²) in [6, 6.07) is 4.70. The third-order valence-electron chi connectivity index (χ3n) is 3.86. The molecule has 2 fully saturated rings. The summed E-state index contributed by atoms with van der Waals surface area (Å²) >= 11 is 0. The minimum Gasteiger partial charge on any atom is -0.363 e. The number of hydrogen-bond donors (Lipinski definition) is 1. The van der Waals surface area contributed by atoms with Crippen molar-refractivity contribution in [1.29, 1.82) is 0 Å². The lowest BCUT2D eigenvalue weighted by Crippen LogP contribution is -2.55. The summed E-state index contributed by atoms with van der Waals surface area (Å²) in [7, 11) is 0. The van der Waals surface area contributed by atoms with Gasteiger partial charge in [0.1, 0.15) is 11.6 Å². The molecule has 1 heterocycles. The van der Waals surface area contributed by atoms with E-state index in [1.807, 2.05) is 0 Å². The lowest BCUT2D eigenvalue weighted by atomic mass is 10.1. The standard InChI is InChI=1S/C13H16F2N2/c14-9-4-5-12(10(15)8-9)17-7-6-16-11-2-1-3-13(11)17/h4-5,8,11,13,16H,1-3,6-7H2/t11-,13-/m0/s1. The molecular weight excluding hydrogens is 222 g/mol. The predicted octanol–water partition coefficient (Wildman–Crippen LogP) is 2.30. The van der Waals surface area contributed by atoms with Crippen LogP contribution in [0.5, 0.6) is 0 Å². The van der Waals surface area contributed by atoms with Crippen LogP contribution in [0.1, 0.15) is 19.3 Å². The van der Waals surface area contributed by atoms with Gasteiger partial charge in [-0.25, -0.2) is 8.78 Å². The highest BCUT2D eigenvalue weighted by Gasteiger charge is 2.35. The Bertz CT molecular complexity index is 422. The zero-order valence-electron chi connectivity index (χ0n) is 9.63. The normalized spacial score (nSPS) is 28.2. The molecule has 2 atom stereocenters. The van der Waals surface area contributed by atoms with Crippen LogP contribution in [0.2, 0.25) is 0 Å². The summed E-state index contributed by atoms with van der Waals surface area (Å²) in [5, 5.41) is 3.47. The second-order valence-corrected chi connectivity index (χ2v) is 4.85. The number of nitrogens with zero attached hydrogens (tertiary/aromatic N) is 1. The third kappa shape index (κ3) is 1.90. The van der Waals surface area contributed by atoms with Crippen LogP contribution in [0.15, 0.2) is 18.2 Å². The molecule has 1 saturated carbocycles. The molecule has 1 aliphatic carbocycles. The van der Waals surface area contributed by atoms with E-state index in [0.29, 0.717) is 17.8 Å². The van der Waals surface area contributed by atoms with Gasteiger partial charge in [0, 0.05) is 31.2 Å². The van der Waals surface area contributed by atoms with E-state index >= 15 is 0 Å². The number of piperazine rings is 1. The van der Waals surface area contributed by atoms with Crippen LogP contribution in [-0.2, 0) is 0 Å². The van der Waals surface area contributed by atoms with Crippen molar-refractivity contribution in [3.05, 3.63) is 29.8 Å². The highest BCUT2D eigenvalue weighted by atomic mass is 19.1. The molecule has 0 spiro atoms. The molecule has 4 heteroatoms. The molecule has 0 amide bonds. The zero-order valence-corrected chi connectivity index (χ0v) is 9.63. The van der Waals surface area contributed by atoms with Gasteiger partial charge in [0.05, 0.1) is 5.69 Å². The van der Waals surface area contributed by atoms with E-state index < -0.39 is 11.6 Å². The van der Waals surface area contributed by atoms with E-state index in [-0.39, 0.29) is 0 Å². The fraction of sp³-hybridized carbons (Fsp3) is 0.538. The third-order valence-corrected chi connectivity index (χ3v) is 3.86. The average Bonchev–Trinajstić information content (AvgIpc) is 2.77. The molecule has 0 radical (unpaired) electrons. The summed E-state index contributed by atoms with van der Waals surface area (Å²) in [4.78, 5) is 2.10. The Kier molecular flexibility index (Phi) is 2.74. The van der Waals surface area contributed by atoms with Crippen molar-refractivity contribution in [2.75, 3.05) is 18.0 Å². The summed E-state index contributed by atoms with van der Waals surface area (Å²) in [6.45, 7) is 1.67. The maximum Gasteiger partial charge on any atom is 0.149 e. The zero-order chi connectivity index (χ0) is 11.8. The quantitative estimate of drug-likeness (QED) is 0.807. The van der Waals surface area contributed by atoms with Crippen molar-refractivity contribution in [2.45, 2.75) is 31.3 Å². The molecule has 1 saturated heterocycles. The molecule has 1 aromatic carbocycles. The first-order valence-electron chi connectivity index (χ1n) is 6.21. The van der Waals surface area contributed by atoms with E-state index in [4.69, 9.17) is 0 Å². The highest BCUT2D eigenvalue weighted by molar-refractivity contribution is 5.50. The first kappa shape index (κ1) is 11.0. The van der Waals surface area contributed by atoms with Crippen molar-refractivity contribution >= 4 is 5.69 Å². The van der Waals surface area contributed by atoms with E-state index in [0.717, 1.165) is 32.0 Å². The SMILES string of the molecule is Fc1ccc(N2CCN[C@H]3CCC[C@@H]32)c(F)c1. The van der Waals surface area contributed by atoms with Gasteiger partial charge in [-0.1, -0.05) is 0 Å². The van der Waals surface area contributed by atoms with Crippen molar-refractivity contribution < 1.29 is 8.78 Å². The van der Waals surface area contributed by atoms with Crippen molar-refractivity contribution in [1.82, 2.24) is 5.32 Å². The first-order chi connectivity index (χ1) is 8.25. The Hall–Kier alpha value is -1.16. The van der Waals surface area contributed by atoms with Gasteiger partial charge >= 0.3 is 0 Å². The summed E-state index contributed by atoms with van der Waals surface area (Å²) in [6.07, 6.45) is 3.43. The number of rotatable bonds is 1. The van der Waals surface area contributed by atoms with Crippen LogP contribution in [0.3, 0.4) is 0 Å². The van der Waals surface area contributed by atoms with Gasteiger partial charge in [-0.05, 0) is 31.4 Å². The lowest BCUT2D eigenvalue weighted by Gasteiger charge is -2.40. The van der Waals surface area contributed by atoms with Crippen LogP contribution < -0.4 is 10.2 Å². The Morgan fingerprint density at radius 3 is 2.94 bits per heavy atom. The Morgan fingerprint density at radius 1 is 1.24 bits per heavy atom. The molecule has 1 N–H and O–H groups in total. The fourth-order valence-corrected chi connectivity index (χ4v) is 3.10. The maximum absolute atomic E-state index is 13.8. The largest absolute Gasteiger partial charge is 0.363 e. The molecule has 1 aromatic rings. The van der Waals surface area contributed by atoms with Crippen LogP contribution in [0, 0.1) is 11.6 Å². The van der Waals surface area contributed by atoms with Crippen LogP contribution in [0.25, 0.3) is 0 Å². The second-order valence-electron chi connectivity index (χ2n) is 4.85. The van der Waals surface area contributed by atoms with Gasteiger partial charge in [0.15, 0.2) is 0 Å². The van der Waals surface area contributed by atoms with E-state index in [2.05, 4.69) is 10.2 Å². The van der Waals surface area contributed by atoms with Crippen LogP contribution in [-0.4, -0.2) is 25.2 Å². The van der Waals surface area contributed by atoms with Gasteiger partial charge in [-0.3, -0.25) is 0 Å². The van der Waals surface area contributed by atoms with Gasteiger partial charge in [0.2, 0.25) is 0 Å². The topological polar surface area (TPSA) is 15.3 Å². The van der Waals surface area contributed by atoms with Gasteiger partial charge in [0.25, 0.3) is 0 Å². The molecule has 0 bridgehead atoms. The average molecular weight is 238 g/mol. The Labute approximate surface area is 99.6 Å². The van der Waals surface area contributed by atoms with Crippen LogP contribution in [0.4, 0.5) is 14.5 Å². The minimum atomic E-state index is -0.510. The van der Waals surface area contributed by atoms with E-state index in [1.165, 1.54) is 12.5 Å². The molecule has 0 unspecified atom stereocenters. The van der Waals surface area contributed by atoms with Crippen molar-refractivity contribution in [3.63, 3.8) is 0 Å². The lowest BCUT2D eigenvalue weighted by molar-refractivity contribution is 0.399. The Morgan fingerprint density at radius 2 is 2.12 bits per heavy atom. The number of halogens is 2. The maximum atomic E-state index is 13.8. The Balaban J connectivity index is 1.91. The van der Waals surface area contributed by atoms with Crippen LogP contribution >= 0.6 is 0 Å². The fourth-order valence-electron chi connectivity index (χ4n) is 3.10. The van der Waals surface area contributed by atoms with Crippen molar-refractivity contribution in [3.8, 4) is 0 Å². The van der Waals surface area contributed by atoms with Crippen molar-refractivity contribution in [2.24, 2.45) is 0 Å². The molecule has 1 aliphatic heterocycles. The molecule has 17 heavy (non-hydrogen) atoms. The number of fused-ring (bicyclic) bond motifs is 1. The second kappa shape index (κ2) is 4.26. The summed E-state index contributed by atoms with van der Waals surface area (Å²) < 4.78 is 26.7. The molecule has 3 rings (SSSR count).